The highest BCUT2D eigenvalue weighted by Crippen LogP contribution is 2.28. The molecule has 6 heteroatoms. The highest BCUT2D eigenvalue weighted by molar-refractivity contribution is 5.10. The van der Waals surface area contributed by atoms with Crippen molar-refractivity contribution in [3.63, 3.8) is 0 Å². The van der Waals surface area contributed by atoms with Crippen molar-refractivity contribution in [2.45, 2.75) is 13.1 Å². The van der Waals surface area contributed by atoms with Crippen LogP contribution < -0.4 is 4.74 Å². The lowest BCUT2D eigenvalue weighted by atomic mass is 10.3. The van der Waals surface area contributed by atoms with Gasteiger partial charge in [0.2, 0.25) is 0 Å². The van der Waals surface area contributed by atoms with Gasteiger partial charge >= 0.3 is 12.2 Å². The van der Waals surface area contributed by atoms with Gasteiger partial charge in [0, 0.05) is 12.4 Å². The summed E-state index contributed by atoms with van der Waals surface area (Å²) in [6.07, 6.45) is -3.01. The third-order valence-electron chi connectivity index (χ3n) is 1.23. The second-order valence-corrected chi connectivity index (χ2v) is 2.19. The standard InChI is InChI=1S/C7H7F3N2O/c1-2-13-6-11-3-5(4-12-6)7(8,9)10/h3-4H,2H2,1H3. The van der Waals surface area contributed by atoms with Gasteiger partial charge in [0.15, 0.2) is 0 Å². The molecular formula is C7H7F3N2O. The normalized spacial score (nSPS) is 11.4. The zero-order valence-corrected chi connectivity index (χ0v) is 6.80. The van der Waals surface area contributed by atoms with E-state index in [2.05, 4.69) is 9.97 Å². The van der Waals surface area contributed by atoms with Crippen LogP contribution >= 0.6 is 0 Å². The first-order valence-electron chi connectivity index (χ1n) is 3.56. The fourth-order valence-corrected chi connectivity index (χ4v) is 0.666. The molecule has 0 fully saturated rings. The van der Waals surface area contributed by atoms with Crippen molar-refractivity contribution in [1.29, 1.82) is 0 Å². The SMILES string of the molecule is CCOc1ncc(C(F)(F)F)cn1. The Kier molecular flexibility index (Phi) is 2.69. The van der Waals surface area contributed by atoms with E-state index >= 15 is 0 Å². The average molecular weight is 192 g/mol. The van der Waals surface area contributed by atoms with Crippen LogP contribution in [0.1, 0.15) is 12.5 Å². The summed E-state index contributed by atoms with van der Waals surface area (Å²) in [5.41, 5.74) is -0.879. The Bertz CT molecular complexity index is 270. The molecule has 1 heterocycles. The molecule has 72 valence electrons. The highest BCUT2D eigenvalue weighted by atomic mass is 19.4. The molecule has 0 unspecified atom stereocenters. The molecular weight excluding hydrogens is 185 g/mol. The van der Waals surface area contributed by atoms with Gasteiger partial charge in [-0.3, -0.25) is 0 Å². The quantitative estimate of drug-likeness (QED) is 0.717. The Balaban J connectivity index is 2.81. The van der Waals surface area contributed by atoms with Crippen LogP contribution in [-0.4, -0.2) is 16.6 Å². The number of nitrogens with zero attached hydrogens (tertiary/aromatic N) is 2. The summed E-state index contributed by atoms with van der Waals surface area (Å²) < 4.78 is 40.7. The molecule has 0 aromatic carbocycles. The van der Waals surface area contributed by atoms with Crippen LogP contribution in [0.5, 0.6) is 6.01 Å². The van der Waals surface area contributed by atoms with Crippen LogP contribution in [0.3, 0.4) is 0 Å². The maximum Gasteiger partial charge on any atom is 0.419 e. The van der Waals surface area contributed by atoms with E-state index in [1.165, 1.54) is 0 Å². The number of hydrogen-bond donors (Lipinski definition) is 0. The van der Waals surface area contributed by atoms with Gasteiger partial charge in [-0.1, -0.05) is 0 Å². The third-order valence-corrected chi connectivity index (χ3v) is 1.23. The molecule has 0 saturated carbocycles. The van der Waals surface area contributed by atoms with Crippen molar-refractivity contribution in [1.82, 2.24) is 9.97 Å². The van der Waals surface area contributed by atoms with E-state index in [9.17, 15) is 13.2 Å². The fourth-order valence-electron chi connectivity index (χ4n) is 0.666. The summed E-state index contributed by atoms with van der Waals surface area (Å²) in [5, 5.41) is 0. The maximum atomic E-state index is 12.0. The van der Waals surface area contributed by atoms with Gasteiger partial charge in [-0.25, -0.2) is 9.97 Å². The molecule has 0 spiro atoms. The number of aromatic nitrogens is 2. The van der Waals surface area contributed by atoms with Gasteiger partial charge < -0.3 is 4.74 Å². The van der Waals surface area contributed by atoms with Crippen LogP contribution in [0.2, 0.25) is 0 Å². The van der Waals surface area contributed by atoms with Crippen LogP contribution in [0.15, 0.2) is 12.4 Å². The number of halogens is 3. The van der Waals surface area contributed by atoms with Crippen molar-refractivity contribution in [2.24, 2.45) is 0 Å². The van der Waals surface area contributed by atoms with Crippen LogP contribution in [-0.2, 0) is 6.18 Å². The maximum absolute atomic E-state index is 12.0. The van der Waals surface area contributed by atoms with E-state index < -0.39 is 11.7 Å². The summed E-state index contributed by atoms with van der Waals surface area (Å²) in [6.45, 7) is 2.02. The number of hydrogen-bond acceptors (Lipinski definition) is 3. The Hall–Kier alpha value is -1.33. The molecule has 0 amide bonds. The first-order chi connectivity index (χ1) is 6.04. The van der Waals surface area contributed by atoms with E-state index in [4.69, 9.17) is 4.74 Å². The molecule has 0 aliphatic carbocycles. The van der Waals surface area contributed by atoms with Gasteiger partial charge in [-0.15, -0.1) is 0 Å². The zero-order chi connectivity index (χ0) is 9.90. The molecule has 0 saturated heterocycles. The molecule has 13 heavy (non-hydrogen) atoms. The van der Waals surface area contributed by atoms with Crippen molar-refractivity contribution in [3.8, 4) is 6.01 Å². The Morgan fingerprint density at radius 2 is 1.85 bits per heavy atom. The molecule has 0 aliphatic rings. The second kappa shape index (κ2) is 3.59. The molecule has 0 bridgehead atoms. The Morgan fingerprint density at radius 3 is 2.23 bits per heavy atom. The minimum Gasteiger partial charge on any atom is -0.464 e. The van der Waals surface area contributed by atoms with Crippen LogP contribution in [0.25, 0.3) is 0 Å². The molecule has 0 N–H and O–H groups in total. The highest BCUT2D eigenvalue weighted by Gasteiger charge is 2.31. The molecule has 0 aliphatic heterocycles. The van der Waals surface area contributed by atoms with Gasteiger partial charge in [-0.2, -0.15) is 13.2 Å². The lowest BCUT2D eigenvalue weighted by Crippen LogP contribution is -2.07. The fraction of sp³-hybridized carbons (Fsp3) is 0.429. The van der Waals surface area contributed by atoms with Crippen molar-refractivity contribution >= 4 is 0 Å². The van der Waals surface area contributed by atoms with E-state index in [0.717, 1.165) is 0 Å². The van der Waals surface area contributed by atoms with Crippen molar-refractivity contribution in [2.75, 3.05) is 6.61 Å². The number of alkyl halides is 3. The molecule has 0 atom stereocenters. The predicted molar refractivity (Wildman–Crippen MR) is 38.2 cm³/mol. The van der Waals surface area contributed by atoms with E-state index in [-0.39, 0.29) is 6.01 Å². The summed E-state index contributed by atoms with van der Waals surface area (Å²) >= 11 is 0. The van der Waals surface area contributed by atoms with Gasteiger partial charge in [0.05, 0.1) is 12.2 Å². The van der Waals surface area contributed by atoms with Crippen molar-refractivity contribution < 1.29 is 17.9 Å². The second-order valence-electron chi connectivity index (χ2n) is 2.19. The largest absolute Gasteiger partial charge is 0.464 e. The van der Waals surface area contributed by atoms with Gasteiger partial charge in [0.25, 0.3) is 0 Å². The summed E-state index contributed by atoms with van der Waals surface area (Å²) in [6, 6.07) is -0.0458. The predicted octanol–water partition coefficient (Wildman–Crippen LogP) is 1.89. The molecule has 1 aromatic rings. The monoisotopic (exact) mass is 192 g/mol. The summed E-state index contributed by atoms with van der Waals surface area (Å²) in [4.78, 5) is 6.76. The Labute approximate surface area is 72.6 Å². The first-order valence-corrected chi connectivity index (χ1v) is 3.56. The molecule has 3 nitrogen and oxygen atoms in total. The molecule has 1 aromatic heterocycles. The lowest BCUT2D eigenvalue weighted by Gasteiger charge is -2.05. The summed E-state index contributed by atoms with van der Waals surface area (Å²) in [7, 11) is 0. The minimum absolute atomic E-state index is 0.0458. The van der Waals surface area contributed by atoms with Gasteiger partial charge in [0.1, 0.15) is 0 Å². The van der Waals surface area contributed by atoms with E-state index in [0.29, 0.717) is 19.0 Å². The van der Waals surface area contributed by atoms with E-state index in [1.807, 2.05) is 0 Å². The minimum atomic E-state index is -4.40. The summed E-state index contributed by atoms with van der Waals surface area (Å²) in [5.74, 6) is 0. The molecule has 1 rings (SSSR count). The van der Waals surface area contributed by atoms with Crippen LogP contribution in [0.4, 0.5) is 13.2 Å². The van der Waals surface area contributed by atoms with Crippen LogP contribution in [0, 0.1) is 0 Å². The number of rotatable bonds is 2. The van der Waals surface area contributed by atoms with Crippen molar-refractivity contribution in [3.05, 3.63) is 18.0 Å². The average Bonchev–Trinajstić information content (AvgIpc) is 2.04. The number of ether oxygens (including phenoxy) is 1. The zero-order valence-electron chi connectivity index (χ0n) is 6.80. The molecule has 0 radical (unpaired) electrons. The lowest BCUT2D eigenvalue weighted by molar-refractivity contribution is -0.138. The first kappa shape index (κ1) is 9.76. The Morgan fingerprint density at radius 1 is 1.31 bits per heavy atom. The smallest absolute Gasteiger partial charge is 0.419 e. The van der Waals surface area contributed by atoms with E-state index in [1.54, 1.807) is 6.92 Å². The topological polar surface area (TPSA) is 35.0 Å². The van der Waals surface area contributed by atoms with Gasteiger partial charge in [-0.05, 0) is 6.92 Å². The third kappa shape index (κ3) is 2.57.